The lowest BCUT2D eigenvalue weighted by molar-refractivity contribution is 0.400. The first-order chi connectivity index (χ1) is 8.26. The number of methoxy groups -OCH3 is 1. The summed E-state index contributed by atoms with van der Waals surface area (Å²) in [6.07, 6.45) is 0.769. The molecule has 1 heterocycles. The number of benzene rings is 1. The van der Waals surface area contributed by atoms with Gasteiger partial charge in [0.25, 0.3) is 5.89 Å². The maximum atomic E-state index is 5.84. The first kappa shape index (κ1) is 11.6. The minimum Gasteiger partial charge on any atom is -0.496 e. The van der Waals surface area contributed by atoms with Crippen molar-refractivity contribution in [2.24, 2.45) is 5.73 Å². The van der Waals surface area contributed by atoms with E-state index in [2.05, 4.69) is 10.1 Å². The summed E-state index contributed by atoms with van der Waals surface area (Å²) in [5.74, 6) is 1.66. The molecule has 5 nitrogen and oxygen atoms in total. The van der Waals surface area contributed by atoms with E-state index in [-0.39, 0.29) is 6.04 Å². The van der Waals surface area contributed by atoms with Crippen molar-refractivity contribution in [2.45, 2.75) is 19.4 Å². The van der Waals surface area contributed by atoms with Crippen LogP contribution in [-0.4, -0.2) is 17.3 Å². The van der Waals surface area contributed by atoms with Crippen molar-refractivity contribution in [2.75, 3.05) is 7.11 Å². The number of nitrogens with two attached hydrogens (primary N) is 1. The zero-order valence-electron chi connectivity index (χ0n) is 9.88. The van der Waals surface area contributed by atoms with Crippen molar-refractivity contribution in [1.29, 1.82) is 0 Å². The first-order valence-electron chi connectivity index (χ1n) is 5.48. The molecule has 0 aliphatic heterocycles. The highest BCUT2D eigenvalue weighted by molar-refractivity contribution is 5.62. The molecule has 0 saturated carbocycles. The van der Waals surface area contributed by atoms with E-state index in [4.69, 9.17) is 15.0 Å². The third-order valence-electron chi connectivity index (χ3n) is 2.55. The first-order valence-corrected chi connectivity index (χ1v) is 5.48. The molecule has 1 unspecified atom stereocenters. The minimum absolute atomic E-state index is 0.192. The smallest absolute Gasteiger partial charge is 0.261 e. The van der Waals surface area contributed by atoms with Gasteiger partial charge in [-0.1, -0.05) is 24.2 Å². The van der Waals surface area contributed by atoms with Crippen LogP contribution in [0.4, 0.5) is 0 Å². The Morgan fingerprint density at radius 1 is 1.41 bits per heavy atom. The molecule has 2 aromatic rings. The van der Waals surface area contributed by atoms with E-state index in [9.17, 15) is 0 Å². The maximum absolute atomic E-state index is 5.84. The van der Waals surface area contributed by atoms with Gasteiger partial charge in [0.2, 0.25) is 0 Å². The lowest BCUT2D eigenvalue weighted by atomic mass is 10.2. The van der Waals surface area contributed by atoms with Gasteiger partial charge >= 0.3 is 0 Å². The number of hydrogen-bond donors (Lipinski definition) is 1. The van der Waals surface area contributed by atoms with Crippen LogP contribution in [0.25, 0.3) is 11.5 Å². The van der Waals surface area contributed by atoms with Crippen LogP contribution in [0.15, 0.2) is 28.8 Å². The van der Waals surface area contributed by atoms with Crippen LogP contribution in [0, 0.1) is 0 Å². The molecule has 0 bridgehead atoms. The summed E-state index contributed by atoms with van der Waals surface area (Å²) in [7, 11) is 1.61. The molecule has 5 heteroatoms. The molecule has 0 spiro atoms. The summed E-state index contributed by atoms with van der Waals surface area (Å²) < 4.78 is 10.4. The molecule has 0 fully saturated rings. The fourth-order valence-electron chi connectivity index (χ4n) is 1.50. The molecule has 17 heavy (non-hydrogen) atoms. The minimum atomic E-state index is -0.192. The van der Waals surface area contributed by atoms with Gasteiger partial charge in [0, 0.05) is 0 Å². The quantitative estimate of drug-likeness (QED) is 0.875. The van der Waals surface area contributed by atoms with E-state index >= 15 is 0 Å². The predicted octanol–water partition coefficient (Wildman–Crippen LogP) is 2.16. The molecule has 1 aromatic heterocycles. The molecule has 2 rings (SSSR count). The van der Waals surface area contributed by atoms with Gasteiger partial charge < -0.3 is 15.0 Å². The zero-order valence-corrected chi connectivity index (χ0v) is 9.88. The van der Waals surface area contributed by atoms with Crippen molar-refractivity contribution in [3.63, 3.8) is 0 Å². The molecular weight excluding hydrogens is 218 g/mol. The maximum Gasteiger partial charge on any atom is 0.261 e. The molecule has 90 valence electrons. The van der Waals surface area contributed by atoms with Gasteiger partial charge in [-0.25, -0.2) is 0 Å². The van der Waals surface area contributed by atoms with Crippen LogP contribution < -0.4 is 10.5 Å². The number of rotatable bonds is 4. The fraction of sp³-hybridized carbons (Fsp3) is 0.333. The highest BCUT2D eigenvalue weighted by atomic mass is 16.5. The van der Waals surface area contributed by atoms with Crippen molar-refractivity contribution < 1.29 is 9.26 Å². The topological polar surface area (TPSA) is 74.2 Å². The van der Waals surface area contributed by atoms with Crippen LogP contribution in [-0.2, 0) is 0 Å². The largest absolute Gasteiger partial charge is 0.496 e. The lowest BCUT2D eigenvalue weighted by Gasteiger charge is -2.03. The van der Waals surface area contributed by atoms with Crippen LogP contribution in [0.1, 0.15) is 25.2 Å². The Hall–Kier alpha value is -1.88. The van der Waals surface area contributed by atoms with E-state index in [0.717, 1.165) is 12.0 Å². The number of para-hydroxylation sites is 1. The summed E-state index contributed by atoms with van der Waals surface area (Å²) in [4.78, 5) is 4.28. The number of aromatic nitrogens is 2. The van der Waals surface area contributed by atoms with Crippen molar-refractivity contribution in [1.82, 2.24) is 10.1 Å². The second-order valence-corrected chi connectivity index (χ2v) is 3.67. The average Bonchev–Trinajstić information content (AvgIpc) is 2.87. The van der Waals surface area contributed by atoms with Crippen LogP contribution in [0.2, 0.25) is 0 Å². The summed E-state index contributed by atoms with van der Waals surface area (Å²) >= 11 is 0. The monoisotopic (exact) mass is 233 g/mol. The molecular formula is C12H15N3O2. The summed E-state index contributed by atoms with van der Waals surface area (Å²) in [6, 6.07) is 7.30. The van der Waals surface area contributed by atoms with E-state index in [1.54, 1.807) is 7.11 Å². The van der Waals surface area contributed by atoms with E-state index < -0.39 is 0 Å². The Morgan fingerprint density at radius 2 is 2.18 bits per heavy atom. The lowest BCUT2D eigenvalue weighted by Crippen LogP contribution is -2.10. The predicted molar refractivity (Wildman–Crippen MR) is 63.5 cm³/mol. The van der Waals surface area contributed by atoms with Gasteiger partial charge in [-0.05, 0) is 18.6 Å². The van der Waals surface area contributed by atoms with Gasteiger partial charge in [0.05, 0.1) is 18.7 Å². The third-order valence-corrected chi connectivity index (χ3v) is 2.55. The van der Waals surface area contributed by atoms with Crippen molar-refractivity contribution >= 4 is 0 Å². The van der Waals surface area contributed by atoms with E-state index in [1.165, 1.54) is 0 Å². The second kappa shape index (κ2) is 4.97. The fourth-order valence-corrected chi connectivity index (χ4v) is 1.50. The van der Waals surface area contributed by atoms with Gasteiger partial charge in [-0.15, -0.1) is 0 Å². The van der Waals surface area contributed by atoms with E-state index in [0.29, 0.717) is 17.5 Å². The Kier molecular flexibility index (Phi) is 3.39. The van der Waals surface area contributed by atoms with Crippen LogP contribution in [0.3, 0.4) is 0 Å². The molecule has 1 aromatic carbocycles. The van der Waals surface area contributed by atoms with Crippen molar-refractivity contribution in [3.8, 4) is 17.2 Å². The number of nitrogens with zero attached hydrogens (tertiary/aromatic N) is 2. The molecule has 2 N–H and O–H groups in total. The summed E-state index contributed by atoms with van der Waals surface area (Å²) in [5.41, 5.74) is 6.62. The van der Waals surface area contributed by atoms with E-state index in [1.807, 2.05) is 31.2 Å². The highest BCUT2D eigenvalue weighted by Gasteiger charge is 2.16. The molecule has 0 amide bonds. The summed E-state index contributed by atoms with van der Waals surface area (Å²) in [5, 5.41) is 3.87. The summed E-state index contributed by atoms with van der Waals surface area (Å²) in [6.45, 7) is 1.98. The Morgan fingerprint density at radius 3 is 2.88 bits per heavy atom. The van der Waals surface area contributed by atoms with Gasteiger partial charge in [-0.2, -0.15) is 4.98 Å². The molecule has 1 atom stereocenters. The van der Waals surface area contributed by atoms with Crippen LogP contribution in [0.5, 0.6) is 5.75 Å². The van der Waals surface area contributed by atoms with Gasteiger partial charge in [0.15, 0.2) is 5.82 Å². The molecule has 0 saturated heterocycles. The highest BCUT2D eigenvalue weighted by Crippen LogP contribution is 2.28. The third kappa shape index (κ3) is 2.29. The standard InChI is InChI=1S/C12H15N3O2/c1-3-9(13)11-14-12(17-15-11)8-6-4-5-7-10(8)16-2/h4-7,9H,3,13H2,1-2H3. The Bertz CT molecular complexity index is 496. The number of hydrogen-bond acceptors (Lipinski definition) is 5. The van der Waals surface area contributed by atoms with Crippen molar-refractivity contribution in [3.05, 3.63) is 30.1 Å². The van der Waals surface area contributed by atoms with Gasteiger partial charge in [-0.3, -0.25) is 0 Å². The average molecular weight is 233 g/mol. The second-order valence-electron chi connectivity index (χ2n) is 3.67. The molecule has 0 radical (unpaired) electrons. The number of ether oxygens (including phenoxy) is 1. The normalized spacial score (nSPS) is 12.4. The Balaban J connectivity index is 2.37. The Labute approximate surface area is 99.6 Å². The molecule has 0 aliphatic rings. The van der Waals surface area contributed by atoms with Gasteiger partial charge in [0.1, 0.15) is 5.75 Å². The molecule has 0 aliphatic carbocycles. The SMILES string of the molecule is CCC(N)c1noc(-c2ccccc2OC)n1. The van der Waals surface area contributed by atoms with Crippen LogP contribution >= 0.6 is 0 Å². The zero-order chi connectivity index (χ0) is 12.3.